The monoisotopic (exact) mass is 327 g/mol. The smallest absolute Gasteiger partial charge is 0.255 e. The number of hydrogen-bond donors (Lipinski definition) is 0. The van der Waals surface area contributed by atoms with Gasteiger partial charge in [-0.3, -0.25) is 4.79 Å². The number of carbonyl (C=O) groups is 1. The molecule has 0 unspecified atom stereocenters. The Bertz CT molecular complexity index is 944. The maximum Gasteiger partial charge on any atom is 0.255 e. The quantitative estimate of drug-likeness (QED) is 0.653. The summed E-state index contributed by atoms with van der Waals surface area (Å²) in [7, 11) is 0. The van der Waals surface area contributed by atoms with Gasteiger partial charge in [0, 0.05) is 18.7 Å². The minimum absolute atomic E-state index is 0.146. The number of aryl methyl sites for hydroxylation is 2. The summed E-state index contributed by atoms with van der Waals surface area (Å²) in [6.07, 6.45) is 0. The van der Waals surface area contributed by atoms with Crippen LogP contribution in [0.4, 0.5) is 0 Å². The lowest BCUT2D eigenvalue weighted by atomic mass is 9.94. The summed E-state index contributed by atoms with van der Waals surface area (Å²) in [5, 5.41) is 0. The summed E-state index contributed by atoms with van der Waals surface area (Å²) in [6.45, 7) is 5.52. The lowest BCUT2D eigenvalue weighted by molar-refractivity contribution is 0.0766. The lowest BCUT2D eigenvalue weighted by Crippen LogP contribution is -2.23. The van der Waals surface area contributed by atoms with Crippen molar-refractivity contribution in [3.63, 3.8) is 0 Å². The molecule has 0 radical (unpaired) electrons. The van der Waals surface area contributed by atoms with Gasteiger partial charge in [0.05, 0.1) is 0 Å². The van der Waals surface area contributed by atoms with E-state index < -0.39 is 0 Å². The Labute approximate surface area is 148 Å². The van der Waals surface area contributed by atoms with E-state index in [0.29, 0.717) is 13.1 Å². The molecule has 1 amide bonds. The molecule has 0 aliphatic carbocycles. The van der Waals surface area contributed by atoms with Gasteiger partial charge in [0.1, 0.15) is 0 Å². The number of benzene rings is 3. The lowest BCUT2D eigenvalue weighted by Gasteiger charge is -2.15. The highest BCUT2D eigenvalue weighted by molar-refractivity contribution is 6.00. The van der Waals surface area contributed by atoms with Crippen molar-refractivity contribution in [1.82, 2.24) is 4.90 Å². The third-order valence-electron chi connectivity index (χ3n) is 4.95. The van der Waals surface area contributed by atoms with Crippen LogP contribution in [-0.4, -0.2) is 10.8 Å². The number of nitrogens with zero attached hydrogens (tertiary/aromatic N) is 1. The fourth-order valence-corrected chi connectivity index (χ4v) is 3.71. The van der Waals surface area contributed by atoms with Gasteiger partial charge in [-0.2, -0.15) is 0 Å². The van der Waals surface area contributed by atoms with E-state index in [4.69, 9.17) is 0 Å². The second kappa shape index (κ2) is 6.21. The average Bonchev–Trinajstić information content (AvgIpc) is 2.92. The molecule has 0 bridgehead atoms. The van der Waals surface area contributed by atoms with Crippen LogP contribution < -0.4 is 0 Å². The first kappa shape index (κ1) is 15.6. The van der Waals surface area contributed by atoms with Crippen LogP contribution in [0.2, 0.25) is 0 Å². The van der Waals surface area contributed by atoms with E-state index >= 15 is 0 Å². The zero-order valence-electron chi connectivity index (χ0n) is 14.6. The van der Waals surface area contributed by atoms with E-state index in [0.717, 1.165) is 16.7 Å². The van der Waals surface area contributed by atoms with Crippen LogP contribution >= 0.6 is 0 Å². The van der Waals surface area contributed by atoms with Crippen LogP contribution in [0.15, 0.2) is 66.7 Å². The van der Waals surface area contributed by atoms with Crippen LogP contribution in [0.1, 0.15) is 32.6 Å². The summed E-state index contributed by atoms with van der Waals surface area (Å²) in [4.78, 5) is 14.8. The second-order valence-corrected chi connectivity index (χ2v) is 6.79. The van der Waals surface area contributed by atoms with Crippen LogP contribution in [0.5, 0.6) is 0 Å². The Morgan fingerprint density at radius 1 is 0.880 bits per heavy atom. The van der Waals surface area contributed by atoms with E-state index in [1.807, 2.05) is 30.0 Å². The molecule has 1 aliphatic rings. The topological polar surface area (TPSA) is 20.3 Å². The minimum Gasteiger partial charge on any atom is -0.330 e. The molecule has 0 saturated heterocycles. The van der Waals surface area contributed by atoms with Crippen molar-refractivity contribution < 1.29 is 4.79 Å². The summed E-state index contributed by atoms with van der Waals surface area (Å²) in [5.74, 6) is 0.146. The molecule has 2 heteroatoms. The molecule has 4 rings (SSSR count). The summed E-state index contributed by atoms with van der Waals surface area (Å²) < 4.78 is 0. The number of rotatable bonds is 3. The van der Waals surface area contributed by atoms with Crippen molar-refractivity contribution in [3.8, 4) is 11.1 Å². The third kappa shape index (κ3) is 2.85. The fraction of sp³-hybridized carbons (Fsp3) is 0.174. The van der Waals surface area contributed by atoms with E-state index in [1.165, 1.54) is 22.3 Å². The van der Waals surface area contributed by atoms with Crippen LogP contribution in [0.25, 0.3) is 11.1 Å². The molecule has 1 aliphatic heterocycles. The fourth-order valence-electron chi connectivity index (χ4n) is 3.71. The Morgan fingerprint density at radius 2 is 1.60 bits per heavy atom. The first-order valence-corrected chi connectivity index (χ1v) is 8.66. The highest BCUT2D eigenvalue weighted by Gasteiger charge is 2.29. The van der Waals surface area contributed by atoms with Gasteiger partial charge in [-0.1, -0.05) is 60.7 Å². The van der Waals surface area contributed by atoms with Gasteiger partial charge in [-0.15, -0.1) is 0 Å². The Kier molecular flexibility index (Phi) is 3.89. The summed E-state index contributed by atoms with van der Waals surface area (Å²) >= 11 is 0. The van der Waals surface area contributed by atoms with E-state index in [1.54, 1.807) is 0 Å². The van der Waals surface area contributed by atoms with Gasteiger partial charge < -0.3 is 4.90 Å². The number of amides is 1. The molecule has 0 aromatic heterocycles. The zero-order chi connectivity index (χ0) is 17.4. The van der Waals surface area contributed by atoms with Gasteiger partial charge in [-0.25, -0.2) is 0 Å². The normalized spacial score (nSPS) is 13.2. The Morgan fingerprint density at radius 3 is 2.36 bits per heavy atom. The van der Waals surface area contributed by atoms with E-state index in [-0.39, 0.29) is 5.91 Å². The van der Waals surface area contributed by atoms with Crippen molar-refractivity contribution in [3.05, 3.63) is 94.5 Å². The first-order chi connectivity index (χ1) is 12.1. The molecule has 3 aromatic carbocycles. The van der Waals surface area contributed by atoms with Crippen LogP contribution in [0.3, 0.4) is 0 Å². The minimum atomic E-state index is 0.146. The predicted molar refractivity (Wildman–Crippen MR) is 101 cm³/mol. The Balaban J connectivity index is 1.69. The SMILES string of the molecule is Cc1ccccc1-c1cc(C)c2c(c1)CN(Cc1ccccc1)C2=O. The van der Waals surface area contributed by atoms with Crippen molar-refractivity contribution in [1.29, 1.82) is 0 Å². The standard InChI is InChI=1S/C23H21NO/c1-16-8-6-7-11-21(16)19-12-17(2)22-20(13-19)15-24(23(22)25)14-18-9-4-3-5-10-18/h3-13H,14-15H2,1-2H3. The van der Waals surface area contributed by atoms with E-state index in [9.17, 15) is 4.79 Å². The first-order valence-electron chi connectivity index (χ1n) is 8.66. The zero-order valence-corrected chi connectivity index (χ0v) is 14.6. The molecule has 0 N–H and O–H groups in total. The van der Waals surface area contributed by atoms with Gasteiger partial charge in [0.2, 0.25) is 0 Å². The molecule has 25 heavy (non-hydrogen) atoms. The number of hydrogen-bond acceptors (Lipinski definition) is 1. The van der Waals surface area contributed by atoms with Crippen LogP contribution in [-0.2, 0) is 13.1 Å². The van der Waals surface area contributed by atoms with Gasteiger partial charge in [0.15, 0.2) is 0 Å². The average molecular weight is 327 g/mol. The number of carbonyl (C=O) groups excluding carboxylic acids is 1. The molecule has 0 fully saturated rings. The molecule has 2 nitrogen and oxygen atoms in total. The summed E-state index contributed by atoms with van der Waals surface area (Å²) in [6, 6.07) is 22.9. The van der Waals surface area contributed by atoms with Gasteiger partial charge in [0.25, 0.3) is 5.91 Å². The number of fused-ring (bicyclic) bond motifs is 1. The molecular formula is C23H21NO. The van der Waals surface area contributed by atoms with E-state index in [2.05, 4.69) is 55.5 Å². The molecule has 124 valence electrons. The highest BCUT2D eigenvalue weighted by Crippen LogP contribution is 2.33. The van der Waals surface area contributed by atoms with Crippen LogP contribution in [0, 0.1) is 13.8 Å². The van der Waals surface area contributed by atoms with Gasteiger partial charge >= 0.3 is 0 Å². The molecule has 0 atom stereocenters. The molecule has 0 spiro atoms. The van der Waals surface area contributed by atoms with Crippen molar-refractivity contribution in [2.24, 2.45) is 0 Å². The maximum absolute atomic E-state index is 12.9. The van der Waals surface area contributed by atoms with Gasteiger partial charge in [-0.05, 0) is 53.3 Å². The maximum atomic E-state index is 12.9. The predicted octanol–water partition coefficient (Wildman–Crippen LogP) is 5.13. The van der Waals surface area contributed by atoms with Crippen molar-refractivity contribution in [2.75, 3.05) is 0 Å². The van der Waals surface area contributed by atoms with Crippen molar-refractivity contribution >= 4 is 5.91 Å². The molecule has 1 heterocycles. The second-order valence-electron chi connectivity index (χ2n) is 6.79. The molecule has 0 saturated carbocycles. The molecular weight excluding hydrogens is 306 g/mol. The third-order valence-corrected chi connectivity index (χ3v) is 4.95. The molecule has 3 aromatic rings. The largest absolute Gasteiger partial charge is 0.330 e. The Hall–Kier alpha value is -2.87. The summed E-state index contributed by atoms with van der Waals surface area (Å²) in [5.41, 5.74) is 7.95. The van der Waals surface area contributed by atoms with Crippen molar-refractivity contribution in [2.45, 2.75) is 26.9 Å². The highest BCUT2D eigenvalue weighted by atomic mass is 16.2.